The van der Waals surface area contributed by atoms with E-state index in [0.29, 0.717) is 16.9 Å². The summed E-state index contributed by atoms with van der Waals surface area (Å²) in [6.07, 6.45) is 0. The van der Waals surface area contributed by atoms with Crippen molar-refractivity contribution in [3.63, 3.8) is 0 Å². The van der Waals surface area contributed by atoms with Crippen molar-refractivity contribution in [3.8, 4) is 0 Å². The largest absolute Gasteiger partial charge is 1.00 e. The Bertz CT molecular complexity index is 8.00. The zero-order valence-electron chi connectivity index (χ0n) is 3.12. The van der Waals surface area contributed by atoms with E-state index >= 15 is 0 Å². The molecule has 0 saturated carbocycles. The Labute approximate surface area is 46.8 Å². The Balaban J connectivity index is 0. The average Bonchev–Trinajstić information content (AvgIpc) is 0.918. The summed E-state index contributed by atoms with van der Waals surface area (Å²) in [6, 6.07) is 0. The predicted molar refractivity (Wildman–Crippen MR) is 16.4 cm³/mol. The quantitative estimate of drug-likeness (QED) is 0.230. The topological polar surface area (TPSA) is 9.23 Å². The minimum atomic E-state index is 0. The maximum absolute atomic E-state index is 4.19. The van der Waals surface area contributed by atoms with Crippen molar-refractivity contribution in [2.45, 2.75) is 0 Å². The first-order chi connectivity index (χ1) is 1.41. The van der Waals surface area contributed by atoms with Gasteiger partial charge in [-0.25, -0.2) is 0 Å². The first-order valence-corrected chi connectivity index (χ1v) is 2.41. The van der Waals surface area contributed by atoms with Crippen LogP contribution in [-0.2, 0) is 3.76 Å². The Kier molecular flexibility index (Phi) is 19.9. The molecule has 1 nitrogen and oxygen atoms in total. The van der Waals surface area contributed by atoms with Crippen LogP contribution in [-0.4, -0.2) is 16.9 Å². The van der Waals surface area contributed by atoms with Crippen LogP contribution < -0.4 is 18.9 Å². The molecule has 0 aromatic heterocycles. The third-order valence-electron chi connectivity index (χ3n) is 0. The molecule has 0 spiro atoms. The van der Waals surface area contributed by atoms with Crippen LogP contribution in [0.25, 0.3) is 0 Å². The zero-order chi connectivity index (χ0) is 2.71. The second kappa shape index (κ2) is 8.93. The van der Waals surface area contributed by atoms with Gasteiger partial charge in [0.1, 0.15) is 0 Å². The molecule has 0 rings (SSSR count). The van der Waals surface area contributed by atoms with E-state index in [1.165, 1.54) is 0 Å². The Morgan fingerprint density at radius 2 is 1.75 bits per heavy atom. The van der Waals surface area contributed by atoms with E-state index in [-0.39, 0.29) is 18.9 Å². The molecule has 3 heteroatoms. The molecule has 0 unspecified atom stereocenters. The van der Waals surface area contributed by atoms with Gasteiger partial charge < -0.3 is 0 Å². The first kappa shape index (κ1) is 8.92. The summed E-state index contributed by atoms with van der Waals surface area (Å²) in [7, 11) is 3.07. The van der Waals surface area contributed by atoms with Crippen molar-refractivity contribution in [3.05, 3.63) is 7.11 Å². The van der Waals surface area contributed by atoms with Gasteiger partial charge in [0.05, 0.1) is 0 Å². The summed E-state index contributed by atoms with van der Waals surface area (Å²) in [4.78, 5) is 0. The van der Waals surface area contributed by atoms with Gasteiger partial charge in [-0.1, -0.05) is 0 Å². The molecule has 0 aliphatic rings. The number of hydrogen-bond donors (Lipinski definition) is 0. The van der Waals surface area contributed by atoms with Crippen molar-refractivity contribution in [1.29, 1.82) is 0 Å². The van der Waals surface area contributed by atoms with Gasteiger partial charge in [-0.3, -0.25) is 0 Å². The van der Waals surface area contributed by atoms with E-state index in [2.05, 4.69) is 10.9 Å². The SMILES string of the molecule is [CH2-][O][GeH3].[Li+]. The molecule has 0 bridgehead atoms. The Morgan fingerprint density at radius 3 is 1.75 bits per heavy atom. The Hall–Kier alpha value is 1.10. The molecule has 4 heavy (non-hydrogen) atoms. The third kappa shape index (κ3) is 11.3. The van der Waals surface area contributed by atoms with Crippen molar-refractivity contribution in [1.82, 2.24) is 0 Å². The third-order valence-corrected chi connectivity index (χ3v) is 0. The van der Waals surface area contributed by atoms with Gasteiger partial charge in [-0.05, 0) is 0 Å². The zero-order valence-corrected chi connectivity index (χ0v) is 7.31. The normalized spacial score (nSPS) is 5.25. The molecule has 0 aliphatic carbocycles. The molecule has 0 amide bonds. The second-order valence-corrected chi connectivity index (χ2v) is 1.50. The van der Waals surface area contributed by atoms with Gasteiger partial charge in [0, 0.05) is 0 Å². The van der Waals surface area contributed by atoms with Crippen LogP contribution in [0.2, 0.25) is 0 Å². The van der Waals surface area contributed by atoms with Crippen LogP contribution in [0.15, 0.2) is 0 Å². The molecule has 0 heterocycles. The molecule has 0 radical (unpaired) electrons. The van der Waals surface area contributed by atoms with E-state index in [1.54, 1.807) is 0 Å². The first-order valence-electron chi connectivity index (χ1n) is 0.697. The smallest absolute Gasteiger partial charge is 1.00 e. The number of hydrogen-bond acceptors (Lipinski definition) is 1. The van der Waals surface area contributed by atoms with E-state index in [9.17, 15) is 0 Å². The van der Waals surface area contributed by atoms with Crippen LogP contribution in [0.1, 0.15) is 0 Å². The van der Waals surface area contributed by atoms with Crippen molar-refractivity contribution in [2.75, 3.05) is 0 Å². The van der Waals surface area contributed by atoms with Gasteiger partial charge in [0.2, 0.25) is 0 Å². The predicted octanol–water partition coefficient (Wildman–Crippen LogP) is -3.92. The average molecular weight is 113 g/mol. The molecule has 0 saturated heterocycles. The van der Waals surface area contributed by atoms with E-state index in [4.69, 9.17) is 0 Å². The van der Waals surface area contributed by atoms with Crippen LogP contribution in [0.5, 0.6) is 0 Å². The molecular formula is CH5GeLiO. The fraction of sp³-hybridized carbons (Fsp3) is 0. The van der Waals surface area contributed by atoms with E-state index in [1.807, 2.05) is 0 Å². The van der Waals surface area contributed by atoms with Gasteiger partial charge in [0.25, 0.3) is 0 Å². The summed E-state index contributed by atoms with van der Waals surface area (Å²) >= 11 is 0.493. The minimum Gasteiger partial charge on any atom is 1.00 e. The molecule has 20 valence electrons. The molecule has 0 aliphatic heterocycles. The summed E-state index contributed by atoms with van der Waals surface area (Å²) in [5.74, 6) is 0. The molecular weight excluding hydrogens is 108 g/mol. The second-order valence-electron chi connectivity index (χ2n) is 0.289. The van der Waals surface area contributed by atoms with Crippen molar-refractivity contribution >= 4 is 16.9 Å². The monoisotopic (exact) mass is 114 g/mol. The van der Waals surface area contributed by atoms with Gasteiger partial charge in [0.15, 0.2) is 0 Å². The molecule has 0 fully saturated rings. The fourth-order valence-corrected chi connectivity index (χ4v) is 0. The van der Waals surface area contributed by atoms with Crippen LogP contribution in [0.4, 0.5) is 0 Å². The van der Waals surface area contributed by atoms with Crippen LogP contribution in [0.3, 0.4) is 0 Å². The molecule has 0 aromatic carbocycles. The van der Waals surface area contributed by atoms with E-state index < -0.39 is 0 Å². The molecule has 0 aromatic rings. The Morgan fingerprint density at radius 1 is 1.75 bits per heavy atom. The van der Waals surface area contributed by atoms with Crippen LogP contribution >= 0.6 is 0 Å². The van der Waals surface area contributed by atoms with Crippen LogP contribution in [0, 0.1) is 7.11 Å². The summed E-state index contributed by atoms with van der Waals surface area (Å²) in [5, 5.41) is 0. The number of rotatable bonds is 0. The summed E-state index contributed by atoms with van der Waals surface area (Å²) < 4.78 is 4.19. The van der Waals surface area contributed by atoms with E-state index in [0.717, 1.165) is 0 Å². The van der Waals surface area contributed by atoms with Crippen molar-refractivity contribution < 1.29 is 22.6 Å². The van der Waals surface area contributed by atoms with Gasteiger partial charge in [-0.15, -0.1) is 0 Å². The fourth-order valence-electron chi connectivity index (χ4n) is 0. The maximum Gasteiger partial charge on any atom is 1.00 e. The maximum atomic E-state index is 4.19. The standard InChI is InChI=1S/CH5GeO.Li/c1-3-2;/h1H2,2H3;/q-1;+1. The minimum absolute atomic E-state index is 0. The van der Waals surface area contributed by atoms with Crippen molar-refractivity contribution in [2.24, 2.45) is 0 Å². The summed E-state index contributed by atoms with van der Waals surface area (Å²) in [6.45, 7) is 0. The summed E-state index contributed by atoms with van der Waals surface area (Å²) in [5.41, 5.74) is 0. The molecule has 0 atom stereocenters. The molecule has 0 N–H and O–H groups in total. The van der Waals surface area contributed by atoms with Gasteiger partial charge >= 0.3 is 46.6 Å². The van der Waals surface area contributed by atoms with Gasteiger partial charge in [-0.2, -0.15) is 0 Å².